The van der Waals surface area contributed by atoms with Gasteiger partial charge in [0.15, 0.2) is 0 Å². The van der Waals surface area contributed by atoms with Crippen LogP contribution in [-0.4, -0.2) is 82.2 Å². The van der Waals surface area contributed by atoms with Crippen molar-refractivity contribution in [3.05, 3.63) is 40.8 Å². The minimum atomic E-state index is -0.391. The molecule has 4 heterocycles. The summed E-state index contributed by atoms with van der Waals surface area (Å²) in [4.78, 5) is 25.2. The third-order valence-corrected chi connectivity index (χ3v) is 7.68. The molecule has 5 N–H and O–H groups in total. The fourth-order valence-electron chi connectivity index (χ4n) is 4.29. The van der Waals surface area contributed by atoms with Crippen LogP contribution in [0.4, 0.5) is 5.69 Å². The van der Waals surface area contributed by atoms with Gasteiger partial charge in [0.1, 0.15) is 22.0 Å². The van der Waals surface area contributed by atoms with Crippen LogP contribution in [0.5, 0.6) is 5.75 Å². The molecule has 3 aromatic rings. The lowest BCUT2D eigenvalue weighted by molar-refractivity contribution is -0.141. The van der Waals surface area contributed by atoms with E-state index >= 15 is 0 Å². The number of nitrogen functional groups attached to an aromatic ring is 1. The first-order valence-electron chi connectivity index (χ1n) is 11.4. The molecule has 0 saturated carbocycles. The van der Waals surface area contributed by atoms with Crippen LogP contribution in [-0.2, 0) is 9.53 Å². The van der Waals surface area contributed by atoms with Gasteiger partial charge in [0.25, 0.3) is 0 Å². The Morgan fingerprint density at radius 1 is 1.37 bits per heavy atom. The van der Waals surface area contributed by atoms with E-state index in [2.05, 4.69) is 15.0 Å². The molecule has 184 valence electrons. The number of aliphatic hydroxyl groups excluding tert-OH is 1. The monoisotopic (exact) mass is 513 g/mol. The summed E-state index contributed by atoms with van der Waals surface area (Å²) in [5.41, 5.74) is 10.4. The summed E-state index contributed by atoms with van der Waals surface area (Å²) in [6.45, 7) is 2.24. The Balaban J connectivity index is 1.42. The molecule has 0 spiro atoms. The van der Waals surface area contributed by atoms with E-state index in [4.69, 9.17) is 27.4 Å². The third-order valence-electron chi connectivity index (χ3n) is 6.12. The number of aromatic amines is 2. The lowest BCUT2D eigenvalue weighted by atomic mass is 10.0. The van der Waals surface area contributed by atoms with Gasteiger partial charge in [0, 0.05) is 49.0 Å². The number of rotatable bonds is 8. The molecular weight excluding hydrogens is 486 g/mol. The molecular formula is C24H27N5O4S2. The zero-order valence-electron chi connectivity index (χ0n) is 19.2. The number of anilines is 1. The molecule has 0 bridgehead atoms. The van der Waals surface area contributed by atoms with Crippen molar-refractivity contribution in [2.45, 2.75) is 17.8 Å². The minimum absolute atomic E-state index is 0.0621. The van der Waals surface area contributed by atoms with Crippen molar-refractivity contribution in [1.82, 2.24) is 14.9 Å². The molecule has 0 aliphatic carbocycles. The van der Waals surface area contributed by atoms with Gasteiger partial charge in [-0.15, -0.1) is 0 Å². The molecule has 1 aromatic carbocycles. The predicted molar refractivity (Wildman–Crippen MR) is 141 cm³/mol. The summed E-state index contributed by atoms with van der Waals surface area (Å²) in [5.74, 6) is 0.691. The van der Waals surface area contributed by atoms with Crippen LogP contribution in [0.3, 0.4) is 0 Å². The van der Waals surface area contributed by atoms with Crippen molar-refractivity contribution in [3.8, 4) is 16.9 Å². The van der Waals surface area contributed by atoms with Crippen LogP contribution in [0.15, 0.2) is 35.5 Å². The highest BCUT2D eigenvalue weighted by atomic mass is 32.2. The molecule has 5 rings (SSSR count). The molecule has 11 heteroatoms. The predicted octanol–water partition coefficient (Wildman–Crippen LogP) is 2.96. The number of amides is 1. The fraction of sp³-hybridized carbons (Fsp3) is 0.375. The first-order chi connectivity index (χ1) is 16.9. The fourth-order valence-corrected chi connectivity index (χ4v) is 5.61. The van der Waals surface area contributed by atoms with Crippen LogP contribution >= 0.6 is 24.0 Å². The Labute approximate surface area is 211 Å². The Hall–Kier alpha value is -2.86. The number of carbonyl (C=O) groups excluding carboxylic acids is 1. The summed E-state index contributed by atoms with van der Waals surface area (Å²) in [6, 6.07) is 7.75. The second-order valence-corrected chi connectivity index (χ2v) is 10.3. The SMILES string of the molecule is COCCOc1cc2cc(C3=NCC(CC(=O)N4CC(O)C4)S3)[nH]c2c(N)c1-c1ccc[nH]c1=S. The van der Waals surface area contributed by atoms with Crippen molar-refractivity contribution >= 4 is 51.5 Å². The number of benzene rings is 1. The normalized spacial score (nSPS) is 18.1. The molecule has 2 aromatic heterocycles. The summed E-state index contributed by atoms with van der Waals surface area (Å²) in [5, 5.41) is 11.3. The summed E-state index contributed by atoms with van der Waals surface area (Å²) in [6.07, 6.45) is 1.79. The molecule has 1 atom stereocenters. The van der Waals surface area contributed by atoms with Crippen LogP contribution < -0.4 is 10.5 Å². The van der Waals surface area contributed by atoms with E-state index in [0.29, 0.717) is 55.3 Å². The van der Waals surface area contributed by atoms with E-state index in [9.17, 15) is 9.90 Å². The van der Waals surface area contributed by atoms with E-state index in [0.717, 1.165) is 32.8 Å². The highest BCUT2D eigenvalue weighted by molar-refractivity contribution is 8.15. The molecule has 1 amide bonds. The number of aliphatic hydroxyl groups is 1. The van der Waals surface area contributed by atoms with Crippen LogP contribution in [0.2, 0.25) is 0 Å². The average molecular weight is 514 g/mol. The first-order valence-corrected chi connectivity index (χ1v) is 12.7. The number of aliphatic imine (C=N–C) groups is 1. The number of aromatic nitrogens is 2. The number of β-amino-alcohol motifs (C(OH)–C–C–N with tert-alkyl or cyclic N) is 1. The van der Waals surface area contributed by atoms with Gasteiger partial charge >= 0.3 is 0 Å². The van der Waals surface area contributed by atoms with E-state index in [1.54, 1.807) is 30.0 Å². The second-order valence-electron chi connectivity index (χ2n) is 8.61. The number of hydrogen-bond donors (Lipinski definition) is 4. The Kier molecular flexibility index (Phi) is 6.83. The second kappa shape index (κ2) is 10.0. The van der Waals surface area contributed by atoms with Crippen molar-refractivity contribution in [2.75, 3.05) is 45.7 Å². The number of nitrogens with zero attached hydrogens (tertiary/aromatic N) is 2. The summed E-state index contributed by atoms with van der Waals surface area (Å²) >= 11 is 7.11. The average Bonchev–Trinajstić information content (AvgIpc) is 3.45. The van der Waals surface area contributed by atoms with Gasteiger partial charge in [-0.05, 0) is 24.3 Å². The molecule has 2 aliphatic heterocycles. The maximum absolute atomic E-state index is 12.4. The van der Waals surface area contributed by atoms with E-state index in [1.807, 2.05) is 24.3 Å². The Morgan fingerprint density at radius 2 is 2.20 bits per heavy atom. The number of nitrogens with two attached hydrogens (primary N) is 1. The third kappa shape index (κ3) is 4.81. The maximum atomic E-state index is 12.4. The number of ether oxygens (including phenoxy) is 2. The number of hydrogen-bond acceptors (Lipinski definition) is 8. The van der Waals surface area contributed by atoms with Gasteiger partial charge in [-0.1, -0.05) is 24.0 Å². The number of carbonyl (C=O) groups is 1. The van der Waals surface area contributed by atoms with Crippen LogP contribution in [0.25, 0.3) is 22.0 Å². The topological polar surface area (TPSA) is 129 Å². The van der Waals surface area contributed by atoms with E-state index in [1.165, 1.54) is 0 Å². The Bertz CT molecular complexity index is 1350. The number of fused-ring (bicyclic) bond motifs is 1. The highest BCUT2D eigenvalue weighted by Crippen LogP contribution is 2.42. The largest absolute Gasteiger partial charge is 0.490 e. The van der Waals surface area contributed by atoms with E-state index in [-0.39, 0.29) is 11.2 Å². The highest BCUT2D eigenvalue weighted by Gasteiger charge is 2.32. The number of H-pyrrole nitrogens is 2. The van der Waals surface area contributed by atoms with Gasteiger partial charge in [-0.25, -0.2) is 0 Å². The number of methoxy groups -OCH3 is 1. The van der Waals surface area contributed by atoms with Crippen LogP contribution in [0.1, 0.15) is 12.1 Å². The number of thioether (sulfide) groups is 1. The van der Waals surface area contributed by atoms with Gasteiger partial charge < -0.3 is 35.2 Å². The maximum Gasteiger partial charge on any atom is 0.223 e. The Morgan fingerprint density at radius 3 is 2.94 bits per heavy atom. The molecule has 2 aliphatic rings. The molecule has 1 saturated heterocycles. The molecule has 1 unspecified atom stereocenters. The number of nitrogens with one attached hydrogen (secondary N) is 2. The summed E-state index contributed by atoms with van der Waals surface area (Å²) in [7, 11) is 1.63. The molecule has 1 fully saturated rings. The first kappa shape index (κ1) is 23.9. The smallest absolute Gasteiger partial charge is 0.223 e. The zero-order valence-corrected chi connectivity index (χ0v) is 20.9. The standard InChI is InChI=1S/C24H27N5O4S2/c1-32-5-6-33-18-8-13-7-17(24-27-10-15(35-24)9-19(31)29-11-14(30)12-29)28-22(13)21(25)20(18)16-3-2-4-26-23(16)34/h2-4,7-8,14-15,28,30H,5-6,9-12,25H2,1H3,(H,26,34). The quantitative estimate of drug-likeness (QED) is 0.207. The van der Waals surface area contributed by atoms with Crippen molar-refractivity contribution in [2.24, 2.45) is 4.99 Å². The number of pyridine rings is 1. The van der Waals surface area contributed by atoms with Crippen LogP contribution in [0, 0.1) is 4.64 Å². The van der Waals surface area contributed by atoms with E-state index < -0.39 is 6.10 Å². The lowest BCUT2D eigenvalue weighted by Crippen LogP contribution is -2.53. The molecule has 35 heavy (non-hydrogen) atoms. The van der Waals surface area contributed by atoms with Crippen molar-refractivity contribution in [3.63, 3.8) is 0 Å². The zero-order chi connectivity index (χ0) is 24.5. The van der Waals surface area contributed by atoms with Crippen molar-refractivity contribution < 1.29 is 19.4 Å². The molecule has 0 radical (unpaired) electrons. The van der Waals surface area contributed by atoms with Gasteiger partial charge in [0.05, 0.1) is 41.7 Å². The van der Waals surface area contributed by atoms with Crippen molar-refractivity contribution in [1.29, 1.82) is 0 Å². The molecule has 9 nitrogen and oxygen atoms in total. The van der Waals surface area contributed by atoms with Gasteiger partial charge in [0.2, 0.25) is 5.91 Å². The summed E-state index contributed by atoms with van der Waals surface area (Å²) < 4.78 is 11.8. The van der Waals surface area contributed by atoms with Gasteiger partial charge in [-0.3, -0.25) is 9.79 Å². The lowest BCUT2D eigenvalue weighted by Gasteiger charge is -2.36. The van der Waals surface area contributed by atoms with Gasteiger partial charge in [-0.2, -0.15) is 0 Å². The number of likely N-dealkylation sites (tertiary alicyclic amines) is 1. The minimum Gasteiger partial charge on any atom is -0.490 e.